The first-order valence-corrected chi connectivity index (χ1v) is 9.89. The van der Waals surface area contributed by atoms with E-state index in [1.165, 1.54) is 0 Å². The van der Waals surface area contributed by atoms with Gasteiger partial charge in [0.2, 0.25) is 11.8 Å². The SMILES string of the molecule is CC[C@@H](C)[C@@H](C(=O)Nc1ccc(N2CCCC2=O)c(OC)c1)c1ccccc1. The van der Waals surface area contributed by atoms with Crippen LogP contribution in [0.25, 0.3) is 0 Å². The molecule has 1 fully saturated rings. The van der Waals surface area contributed by atoms with Crippen molar-refractivity contribution < 1.29 is 14.3 Å². The summed E-state index contributed by atoms with van der Waals surface area (Å²) in [5.41, 5.74) is 2.44. The Morgan fingerprint density at radius 2 is 1.96 bits per heavy atom. The molecular weight excluding hydrogens is 352 g/mol. The lowest BCUT2D eigenvalue weighted by Gasteiger charge is -2.24. The van der Waals surface area contributed by atoms with Gasteiger partial charge in [0.1, 0.15) is 5.75 Å². The lowest BCUT2D eigenvalue weighted by Crippen LogP contribution is -2.26. The van der Waals surface area contributed by atoms with Gasteiger partial charge in [0.25, 0.3) is 0 Å². The van der Waals surface area contributed by atoms with E-state index in [1.807, 2.05) is 42.5 Å². The molecule has 0 radical (unpaired) electrons. The van der Waals surface area contributed by atoms with Crippen LogP contribution in [0.2, 0.25) is 0 Å². The number of hydrogen-bond acceptors (Lipinski definition) is 3. The van der Waals surface area contributed by atoms with E-state index in [0.717, 1.165) is 24.1 Å². The molecule has 2 atom stereocenters. The molecule has 0 aliphatic carbocycles. The monoisotopic (exact) mass is 380 g/mol. The third-order valence-electron chi connectivity index (χ3n) is 5.47. The number of amides is 2. The zero-order chi connectivity index (χ0) is 20.1. The van der Waals surface area contributed by atoms with E-state index in [0.29, 0.717) is 24.4 Å². The fourth-order valence-electron chi connectivity index (χ4n) is 3.74. The summed E-state index contributed by atoms with van der Waals surface area (Å²) >= 11 is 0. The van der Waals surface area contributed by atoms with Crippen LogP contribution in [0.1, 0.15) is 44.6 Å². The third-order valence-corrected chi connectivity index (χ3v) is 5.47. The van der Waals surface area contributed by atoms with Crippen molar-refractivity contribution in [1.29, 1.82) is 0 Å². The number of hydrogen-bond donors (Lipinski definition) is 1. The van der Waals surface area contributed by atoms with Crippen molar-refractivity contribution >= 4 is 23.2 Å². The van der Waals surface area contributed by atoms with Crippen molar-refractivity contribution in [3.05, 3.63) is 54.1 Å². The highest BCUT2D eigenvalue weighted by Gasteiger charge is 2.27. The van der Waals surface area contributed by atoms with Gasteiger partial charge in [-0.15, -0.1) is 0 Å². The molecule has 5 heteroatoms. The highest BCUT2D eigenvalue weighted by molar-refractivity contribution is 5.99. The number of carbonyl (C=O) groups is 2. The minimum atomic E-state index is -0.225. The van der Waals surface area contributed by atoms with Gasteiger partial charge in [-0.1, -0.05) is 50.6 Å². The number of nitrogens with one attached hydrogen (secondary N) is 1. The molecule has 0 aromatic heterocycles. The average molecular weight is 380 g/mol. The van der Waals surface area contributed by atoms with Crippen LogP contribution in [-0.2, 0) is 9.59 Å². The molecule has 0 saturated carbocycles. The van der Waals surface area contributed by atoms with Crippen LogP contribution in [0.15, 0.2) is 48.5 Å². The molecule has 1 saturated heterocycles. The minimum absolute atomic E-state index is 0.0346. The Morgan fingerprint density at radius 1 is 1.21 bits per heavy atom. The van der Waals surface area contributed by atoms with Gasteiger partial charge in [0, 0.05) is 24.7 Å². The van der Waals surface area contributed by atoms with Crippen molar-refractivity contribution in [2.75, 3.05) is 23.9 Å². The van der Waals surface area contributed by atoms with Gasteiger partial charge in [0.05, 0.1) is 18.7 Å². The summed E-state index contributed by atoms with van der Waals surface area (Å²) in [5, 5.41) is 3.04. The lowest BCUT2D eigenvalue weighted by atomic mass is 9.85. The highest BCUT2D eigenvalue weighted by Crippen LogP contribution is 2.35. The second-order valence-electron chi connectivity index (χ2n) is 7.30. The van der Waals surface area contributed by atoms with Crippen molar-refractivity contribution in [2.24, 2.45) is 5.92 Å². The van der Waals surface area contributed by atoms with Crippen molar-refractivity contribution in [3.8, 4) is 5.75 Å². The molecule has 1 aliphatic rings. The molecule has 28 heavy (non-hydrogen) atoms. The molecule has 2 amide bonds. The van der Waals surface area contributed by atoms with Gasteiger partial charge < -0.3 is 15.0 Å². The lowest BCUT2D eigenvalue weighted by molar-refractivity contribution is -0.119. The number of nitrogens with zero attached hydrogens (tertiary/aromatic N) is 1. The molecule has 5 nitrogen and oxygen atoms in total. The molecule has 2 aromatic rings. The maximum atomic E-state index is 13.1. The second-order valence-corrected chi connectivity index (χ2v) is 7.30. The summed E-state index contributed by atoms with van der Waals surface area (Å²) in [6, 6.07) is 15.3. The van der Waals surface area contributed by atoms with Crippen LogP contribution in [0.4, 0.5) is 11.4 Å². The summed E-state index contributed by atoms with van der Waals surface area (Å²) in [4.78, 5) is 26.9. The molecule has 1 N–H and O–H groups in total. The van der Waals surface area contributed by atoms with E-state index in [2.05, 4.69) is 19.2 Å². The van der Waals surface area contributed by atoms with Crippen molar-refractivity contribution in [3.63, 3.8) is 0 Å². The summed E-state index contributed by atoms with van der Waals surface area (Å²) in [5.74, 6) is 0.652. The molecule has 1 heterocycles. The van der Waals surface area contributed by atoms with Gasteiger partial charge in [-0.2, -0.15) is 0 Å². The predicted octanol–water partition coefficient (Wildman–Crippen LogP) is 4.59. The fraction of sp³-hybridized carbons (Fsp3) is 0.391. The first kappa shape index (κ1) is 19.9. The smallest absolute Gasteiger partial charge is 0.232 e. The second kappa shape index (κ2) is 8.91. The van der Waals surface area contributed by atoms with Crippen LogP contribution in [0.3, 0.4) is 0 Å². The fourth-order valence-corrected chi connectivity index (χ4v) is 3.74. The van der Waals surface area contributed by atoms with Crippen LogP contribution in [-0.4, -0.2) is 25.5 Å². The summed E-state index contributed by atoms with van der Waals surface area (Å²) in [7, 11) is 1.58. The molecule has 1 aliphatic heterocycles. The molecule has 3 rings (SSSR count). The van der Waals surface area contributed by atoms with Gasteiger partial charge in [-0.25, -0.2) is 0 Å². The average Bonchev–Trinajstić information content (AvgIpc) is 3.14. The van der Waals surface area contributed by atoms with E-state index in [9.17, 15) is 9.59 Å². The molecule has 2 aromatic carbocycles. The zero-order valence-corrected chi connectivity index (χ0v) is 16.8. The number of ether oxygens (including phenoxy) is 1. The van der Waals surface area contributed by atoms with Crippen LogP contribution in [0, 0.1) is 5.92 Å². The molecule has 0 spiro atoms. The van der Waals surface area contributed by atoms with Gasteiger partial charge in [-0.3, -0.25) is 9.59 Å². The van der Waals surface area contributed by atoms with E-state index < -0.39 is 0 Å². The Bertz CT molecular complexity index is 835. The van der Waals surface area contributed by atoms with Crippen LogP contribution in [0.5, 0.6) is 5.75 Å². The summed E-state index contributed by atoms with van der Waals surface area (Å²) < 4.78 is 5.50. The Labute approximate surface area is 166 Å². The van der Waals surface area contributed by atoms with Gasteiger partial charge in [-0.05, 0) is 30.0 Å². The molecule has 0 bridgehead atoms. The maximum Gasteiger partial charge on any atom is 0.232 e. The van der Waals surface area contributed by atoms with Crippen LogP contribution < -0.4 is 15.0 Å². The quantitative estimate of drug-likeness (QED) is 0.764. The van der Waals surface area contributed by atoms with Crippen molar-refractivity contribution in [1.82, 2.24) is 0 Å². The Hall–Kier alpha value is -2.82. The predicted molar refractivity (Wildman–Crippen MR) is 112 cm³/mol. The normalized spacial score (nSPS) is 16.0. The number of benzene rings is 2. The Balaban J connectivity index is 1.83. The van der Waals surface area contributed by atoms with Crippen LogP contribution >= 0.6 is 0 Å². The molecular formula is C23H28N2O3. The number of anilines is 2. The minimum Gasteiger partial charge on any atom is -0.494 e. The van der Waals surface area contributed by atoms with E-state index in [-0.39, 0.29) is 23.7 Å². The van der Waals surface area contributed by atoms with E-state index >= 15 is 0 Å². The standard InChI is InChI=1S/C23H28N2O3/c1-4-16(2)22(17-9-6-5-7-10-17)23(27)24-18-12-13-19(20(15-18)28-3)25-14-8-11-21(25)26/h5-7,9-10,12-13,15-16,22H,4,8,11,14H2,1-3H3,(H,24,27)/t16-,22-/m1/s1. The zero-order valence-electron chi connectivity index (χ0n) is 16.8. The number of carbonyl (C=O) groups excluding carboxylic acids is 2. The Morgan fingerprint density at radius 3 is 2.57 bits per heavy atom. The number of methoxy groups -OCH3 is 1. The van der Waals surface area contributed by atoms with Gasteiger partial charge in [0.15, 0.2) is 0 Å². The molecule has 148 valence electrons. The van der Waals surface area contributed by atoms with E-state index in [1.54, 1.807) is 18.1 Å². The summed E-state index contributed by atoms with van der Waals surface area (Å²) in [6.07, 6.45) is 2.33. The van der Waals surface area contributed by atoms with Crippen molar-refractivity contribution in [2.45, 2.75) is 39.0 Å². The topological polar surface area (TPSA) is 58.6 Å². The highest BCUT2D eigenvalue weighted by atomic mass is 16.5. The maximum absolute atomic E-state index is 13.1. The van der Waals surface area contributed by atoms with E-state index in [4.69, 9.17) is 4.74 Å². The molecule has 0 unspecified atom stereocenters. The first-order chi connectivity index (χ1) is 13.5. The third kappa shape index (κ3) is 4.19. The Kier molecular flexibility index (Phi) is 6.34. The summed E-state index contributed by atoms with van der Waals surface area (Å²) in [6.45, 7) is 4.89. The first-order valence-electron chi connectivity index (χ1n) is 9.89. The number of rotatable bonds is 7. The van der Waals surface area contributed by atoms with Gasteiger partial charge >= 0.3 is 0 Å². The largest absolute Gasteiger partial charge is 0.494 e.